The summed E-state index contributed by atoms with van der Waals surface area (Å²) in [4.78, 5) is 12.4. The number of fused-ring (bicyclic) bond motifs is 3. The largest absolute Gasteiger partial charge is 0.484 e. The number of nitrogens with zero attached hydrogens (tertiary/aromatic N) is 1. The Morgan fingerprint density at radius 1 is 1.37 bits per heavy atom. The maximum Gasteiger partial charge on any atom is 0.258 e. The summed E-state index contributed by atoms with van der Waals surface area (Å²) < 4.78 is 23.8. The summed E-state index contributed by atoms with van der Waals surface area (Å²) in [5.74, 6) is -0.514. The van der Waals surface area contributed by atoms with E-state index in [0.717, 1.165) is 6.07 Å². The molecule has 162 valence electrons. The van der Waals surface area contributed by atoms with Gasteiger partial charge in [-0.3, -0.25) is 10.1 Å². The molecule has 3 saturated carbocycles. The van der Waals surface area contributed by atoms with Crippen molar-refractivity contribution in [3.63, 3.8) is 0 Å². The highest BCUT2D eigenvalue weighted by Gasteiger charge is 2.55. The van der Waals surface area contributed by atoms with Crippen LogP contribution in [0.4, 0.5) is 4.39 Å². The van der Waals surface area contributed by atoms with Crippen molar-refractivity contribution in [2.75, 3.05) is 6.61 Å². The monoisotopic (exact) mass is 439 g/mol. The van der Waals surface area contributed by atoms with Crippen molar-refractivity contribution in [3.05, 3.63) is 47.1 Å². The summed E-state index contributed by atoms with van der Waals surface area (Å²) in [5.41, 5.74) is -1.19. The molecule has 1 amide bonds. The van der Waals surface area contributed by atoms with Crippen LogP contribution in [0.15, 0.2) is 35.0 Å². The number of nitrogens with one attached hydrogen (secondary N) is 2. The Kier molecular flexibility index (Phi) is 5.71. The summed E-state index contributed by atoms with van der Waals surface area (Å²) in [6.07, 6.45) is 2.45. The van der Waals surface area contributed by atoms with Crippen LogP contribution in [-0.4, -0.2) is 45.1 Å². The number of benzene rings is 1. The molecule has 5 rings (SSSR count). The lowest BCUT2D eigenvalue weighted by molar-refractivity contribution is -0.133. The molecule has 3 fully saturated rings. The zero-order chi connectivity index (χ0) is 21.4. The van der Waals surface area contributed by atoms with Gasteiger partial charge in [-0.15, -0.1) is 0 Å². The van der Waals surface area contributed by atoms with Gasteiger partial charge in [0.15, 0.2) is 18.6 Å². The quantitative estimate of drug-likeness (QED) is 0.488. The molecule has 0 saturated heterocycles. The maximum atomic E-state index is 13.5. The highest BCUT2D eigenvalue weighted by molar-refractivity contribution is 6.30. The van der Waals surface area contributed by atoms with E-state index in [4.69, 9.17) is 20.9 Å². The lowest BCUT2D eigenvalue weighted by atomic mass is 9.60. The van der Waals surface area contributed by atoms with E-state index >= 15 is 0 Å². The predicted octanol–water partition coefficient (Wildman–Crippen LogP) is 2.06. The lowest BCUT2D eigenvalue weighted by Gasteiger charge is -2.56. The normalized spacial score (nSPS) is 28.9. The van der Waals surface area contributed by atoms with Crippen molar-refractivity contribution < 1.29 is 28.7 Å². The first-order valence-corrected chi connectivity index (χ1v) is 10.1. The first-order chi connectivity index (χ1) is 14.3. The average molecular weight is 440 g/mol. The Bertz CT molecular complexity index is 902. The molecular formula is C20H23ClFN3O5. The molecule has 30 heavy (non-hydrogen) atoms. The standard InChI is InChI=1S/C20H23ClFN3O5/c21-13-2-1-12(9-14(13)22)29-11-17(27)24-20-6-4-19(5-7-20,10-16(20)26)25-18(28)15-3-8-23-30-15/h1-3,8-9,16,18,25-26,28H,4-7,10-11H2,(H,24,27). The number of halogens is 2. The average Bonchev–Trinajstić information content (AvgIpc) is 3.25. The van der Waals surface area contributed by atoms with Crippen molar-refractivity contribution in [2.24, 2.45) is 0 Å². The van der Waals surface area contributed by atoms with Crippen LogP contribution in [-0.2, 0) is 4.79 Å². The Morgan fingerprint density at radius 2 is 2.13 bits per heavy atom. The number of amides is 1. The van der Waals surface area contributed by atoms with Gasteiger partial charge in [0.2, 0.25) is 0 Å². The summed E-state index contributed by atoms with van der Waals surface area (Å²) in [7, 11) is 0. The Balaban J connectivity index is 1.33. The van der Waals surface area contributed by atoms with Gasteiger partial charge >= 0.3 is 0 Å². The Morgan fingerprint density at radius 3 is 2.77 bits per heavy atom. The predicted molar refractivity (Wildman–Crippen MR) is 104 cm³/mol. The van der Waals surface area contributed by atoms with Crippen LogP contribution >= 0.6 is 11.6 Å². The summed E-state index contributed by atoms with van der Waals surface area (Å²) >= 11 is 5.63. The smallest absolute Gasteiger partial charge is 0.258 e. The van der Waals surface area contributed by atoms with Crippen molar-refractivity contribution >= 4 is 17.5 Å². The zero-order valence-electron chi connectivity index (χ0n) is 16.1. The van der Waals surface area contributed by atoms with E-state index in [2.05, 4.69) is 15.8 Å². The molecule has 1 heterocycles. The van der Waals surface area contributed by atoms with Crippen molar-refractivity contribution in [3.8, 4) is 5.75 Å². The van der Waals surface area contributed by atoms with E-state index in [9.17, 15) is 19.4 Å². The van der Waals surface area contributed by atoms with Crippen LogP contribution in [0.1, 0.15) is 44.1 Å². The molecule has 1 aromatic heterocycles. The number of ether oxygens (including phenoxy) is 1. The zero-order valence-corrected chi connectivity index (χ0v) is 16.9. The lowest BCUT2D eigenvalue weighted by Crippen LogP contribution is -2.70. The second kappa shape index (κ2) is 8.14. The number of hydrogen-bond donors (Lipinski definition) is 4. The minimum Gasteiger partial charge on any atom is -0.484 e. The topological polar surface area (TPSA) is 117 Å². The van der Waals surface area contributed by atoms with Gasteiger partial charge in [-0.05, 0) is 44.2 Å². The third kappa shape index (κ3) is 4.15. The fourth-order valence-corrected chi connectivity index (χ4v) is 4.56. The summed E-state index contributed by atoms with van der Waals surface area (Å²) in [5, 5.41) is 30.8. The molecule has 3 aliphatic carbocycles. The van der Waals surface area contributed by atoms with E-state index < -0.39 is 35.1 Å². The number of aromatic nitrogens is 1. The molecule has 2 atom stereocenters. The van der Waals surface area contributed by atoms with E-state index in [-0.39, 0.29) is 17.4 Å². The van der Waals surface area contributed by atoms with Gasteiger partial charge in [0.1, 0.15) is 11.6 Å². The molecular weight excluding hydrogens is 417 g/mol. The number of aliphatic hydroxyl groups excluding tert-OH is 2. The highest BCUT2D eigenvalue weighted by atomic mass is 35.5. The Hall–Kier alpha value is -2.20. The molecule has 0 spiro atoms. The van der Waals surface area contributed by atoms with Gasteiger partial charge in [0.25, 0.3) is 5.91 Å². The molecule has 0 aliphatic heterocycles. The van der Waals surface area contributed by atoms with Gasteiger partial charge in [-0.1, -0.05) is 16.8 Å². The number of aliphatic hydroxyl groups is 2. The molecule has 0 radical (unpaired) electrons. The fraction of sp³-hybridized carbons (Fsp3) is 0.500. The molecule has 2 aromatic rings. The molecule has 10 heteroatoms. The molecule has 2 unspecified atom stereocenters. The highest BCUT2D eigenvalue weighted by Crippen LogP contribution is 2.47. The summed E-state index contributed by atoms with van der Waals surface area (Å²) in [6, 6.07) is 5.53. The second-order valence-electron chi connectivity index (χ2n) is 8.03. The minimum absolute atomic E-state index is 0.0243. The van der Waals surface area contributed by atoms with E-state index in [1.165, 1.54) is 18.3 Å². The van der Waals surface area contributed by atoms with E-state index in [1.807, 2.05) is 0 Å². The summed E-state index contributed by atoms with van der Waals surface area (Å²) in [6.45, 7) is -0.302. The SMILES string of the molecule is O=C(COc1ccc(Cl)c(F)c1)NC12CCC(NC(O)c3ccno3)(CC1)CC2O. The van der Waals surface area contributed by atoms with Gasteiger partial charge in [0.05, 0.1) is 22.9 Å². The van der Waals surface area contributed by atoms with Crippen molar-refractivity contribution in [1.82, 2.24) is 15.8 Å². The van der Waals surface area contributed by atoms with Crippen molar-refractivity contribution in [1.29, 1.82) is 0 Å². The van der Waals surface area contributed by atoms with Gasteiger partial charge in [-0.2, -0.15) is 0 Å². The molecule has 1 aromatic carbocycles. The van der Waals surface area contributed by atoms with Crippen LogP contribution in [0.25, 0.3) is 0 Å². The first-order valence-electron chi connectivity index (χ1n) is 9.74. The van der Waals surface area contributed by atoms with E-state index in [0.29, 0.717) is 37.9 Å². The molecule has 8 nitrogen and oxygen atoms in total. The number of carbonyl (C=O) groups excluding carboxylic acids is 1. The number of hydrogen-bond acceptors (Lipinski definition) is 7. The fourth-order valence-electron chi connectivity index (χ4n) is 4.45. The van der Waals surface area contributed by atoms with Crippen molar-refractivity contribution in [2.45, 2.75) is 55.5 Å². The number of rotatable bonds is 7. The minimum atomic E-state index is -1.02. The number of carbonyl (C=O) groups is 1. The maximum absolute atomic E-state index is 13.5. The van der Waals surface area contributed by atoms with E-state index in [1.54, 1.807) is 6.07 Å². The third-order valence-corrected chi connectivity index (χ3v) is 6.45. The van der Waals surface area contributed by atoms with Gasteiger partial charge < -0.3 is 24.8 Å². The van der Waals surface area contributed by atoms with Crippen LogP contribution in [0.3, 0.4) is 0 Å². The van der Waals surface area contributed by atoms with Gasteiger partial charge in [-0.25, -0.2) is 4.39 Å². The van der Waals surface area contributed by atoms with Gasteiger partial charge in [0, 0.05) is 17.7 Å². The van der Waals surface area contributed by atoms with Crippen LogP contribution in [0.2, 0.25) is 5.02 Å². The second-order valence-corrected chi connectivity index (χ2v) is 8.44. The van der Waals surface area contributed by atoms with Crippen LogP contribution < -0.4 is 15.4 Å². The molecule has 4 N–H and O–H groups in total. The first kappa shape index (κ1) is 21.0. The van der Waals surface area contributed by atoms with Crippen LogP contribution in [0, 0.1) is 5.82 Å². The Labute approximate surface area is 177 Å². The molecule has 2 bridgehead atoms. The van der Waals surface area contributed by atoms with Crippen LogP contribution in [0.5, 0.6) is 5.75 Å². The molecule has 3 aliphatic rings. The third-order valence-electron chi connectivity index (χ3n) is 6.14.